The van der Waals surface area contributed by atoms with E-state index in [2.05, 4.69) is 11.0 Å². The minimum atomic E-state index is -0.101. The molecule has 3 aromatic rings. The van der Waals surface area contributed by atoms with Gasteiger partial charge in [0.1, 0.15) is 0 Å². The van der Waals surface area contributed by atoms with Crippen molar-refractivity contribution < 1.29 is 18.7 Å². The fourth-order valence-corrected chi connectivity index (χ4v) is 5.26. The SMILES string of the molecule is COc1cccc(CN2CCC([C@H](Cc3ccccc3Cl)N(C)C(=O)c3ccco3)CC2)c1OC. The maximum atomic E-state index is 13.2. The molecule has 0 N–H and O–H groups in total. The minimum absolute atomic E-state index is 0.0148. The van der Waals surface area contributed by atoms with Crippen molar-refractivity contribution in [2.24, 2.45) is 5.92 Å². The van der Waals surface area contributed by atoms with E-state index in [1.165, 1.54) is 6.26 Å². The summed E-state index contributed by atoms with van der Waals surface area (Å²) < 4.78 is 16.5. The summed E-state index contributed by atoms with van der Waals surface area (Å²) in [7, 11) is 5.21. The second-order valence-corrected chi connectivity index (χ2v) is 9.43. The van der Waals surface area contributed by atoms with Gasteiger partial charge in [0.25, 0.3) is 5.91 Å². The molecule has 1 aliphatic heterocycles. The van der Waals surface area contributed by atoms with E-state index in [1.807, 2.05) is 48.3 Å². The molecule has 1 fully saturated rings. The molecule has 0 spiro atoms. The number of rotatable bonds is 9. The van der Waals surface area contributed by atoms with Gasteiger partial charge < -0.3 is 18.8 Å². The number of likely N-dealkylation sites (N-methyl/N-ethyl adjacent to an activating group) is 1. The predicted molar refractivity (Wildman–Crippen MR) is 137 cm³/mol. The molecule has 7 heteroatoms. The van der Waals surface area contributed by atoms with Gasteiger partial charge in [0.05, 0.1) is 20.5 Å². The Bertz CT molecular complexity index is 1110. The standard InChI is InChI=1S/C28H33ClN2O4/c1-30(28(32)26-12-7-17-35-26)24(18-21-8-4-5-10-23(21)29)20-13-15-31(16-14-20)19-22-9-6-11-25(33-2)27(22)34-3/h4-12,17,20,24H,13-16,18-19H2,1-3H3/t24-/m0/s1. The lowest BCUT2D eigenvalue weighted by molar-refractivity contribution is 0.0555. The maximum Gasteiger partial charge on any atom is 0.289 e. The second-order valence-electron chi connectivity index (χ2n) is 9.02. The third-order valence-electron chi connectivity index (χ3n) is 6.99. The number of likely N-dealkylation sites (tertiary alicyclic amines) is 1. The number of hydrogen-bond donors (Lipinski definition) is 0. The molecule has 0 bridgehead atoms. The maximum absolute atomic E-state index is 13.2. The lowest BCUT2D eigenvalue weighted by Gasteiger charge is -2.40. The molecule has 1 aromatic heterocycles. The number of piperidine rings is 1. The molecular weight excluding hydrogens is 464 g/mol. The fraction of sp³-hybridized carbons (Fsp3) is 0.393. The molecule has 0 saturated carbocycles. The number of carbonyl (C=O) groups is 1. The highest BCUT2D eigenvalue weighted by Gasteiger charge is 2.33. The molecule has 186 valence electrons. The van der Waals surface area contributed by atoms with Gasteiger partial charge >= 0.3 is 0 Å². The van der Waals surface area contributed by atoms with Crippen LogP contribution in [0.4, 0.5) is 0 Å². The van der Waals surface area contributed by atoms with Crippen molar-refractivity contribution in [3.8, 4) is 11.5 Å². The van der Waals surface area contributed by atoms with Crippen LogP contribution < -0.4 is 9.47 Å². The van der Waals surface area contributed by atoms with Gasteiger partial charge in [-0.25, -0.2) is 0 Å². The van der Waals surface area contributed by atoms with Crippen LogP contribution in [0, 0.1) is 5.92 Å². The molecule has 1 atom stereocenters. The Morgan fingerprint density at radius 3 is 2.46 bits per heavy atom. The Morgan fingerprint density at radius 2 is 1.80 bits per heavy atom. The van der Waals surface area contributed by atoms with Crippen molar-refractivity contribution in [2.75, 3.05) is 34.4 Å². The van der Waals surface area contributed by atoms with Crippen LogP contribution in [-0.2, 0) is 13.0 Å². The first-order valence-corrected chi connectivity index (χ1v) is 12.4. The number of amides is 1. The van der Waals surface area contributed by atoms with Gasteiger partial charge in [-0.2, -0.15) is 0 Å². The van der Waals surface area contributed by atoms with E-state index >= 15 is 0 Å². The zero-order valence-corrected chi connectivity index (χ0v) is 21.3. The average molecular weight is 497 g/mol. The summed E-state index contributed by atoms with van der Waals surface area (Å²) in [5, 5.41) is 0.735. The monoisotopic (exact) mass is 496 g/mol. The summed E-state index contributed by atoms with van der Waals surface area (Å²) in [6.45, 7) is 2.67. The molecule has 4 rings (SSSR count). The summed E-state index contributed by atoms with van der Waals surface area (Å²) in [5.74, 6) is 2.14. The first-order chi connectivity index (χ1) is 17.0. The Labute approximate surface area is 212 Å². The van der Waals surface area contributed by atoms with Gasteiger partial charge in [-0.1, -0.05) is 41.9 Å². The third-order valence-corrected chi connectivity index (χ3v) is 7.36. The number of nitrogens with zero attached hydrogens (tertiary/aromatic N) is 2. The largest absolute Gasteiger partial charge is 0.493 e. The molecule has 35 heavy (non-hydrogen) atoms. The number of ether oxygens (including phenoxy) is 2. The molecule has 0 aliphatic carbocycles. The average Bonchev–Trinajstić information content (AvgIpc) is 3.43. The van der Waals surface area contributed by atoms with Gasteiger partial charge in [0.15, 0.2) is 17.3 Å². The second kappa shape index (κ2) is 11.6. The summed E-state index contributed by atoms with van der Waals surface area (Å²) in [6, 6.07) is 17.4. The summed E-state index contributed by atoms with van der Waals surface area (Å²) in [6.07, 6.45) is 4.21. The number of furan rings is 1. The van der Waals surface area contributed by atoms with Crippen molar-refractivity contribution in [1.29, 1.82) is 0 Å². The van der Waals surface area contributed by atoms with Crippen LogP contribution in [-0.4, -0.2) is 56.1 Å². The number of halogens is 1. The summed E-state index contributed by atoms with van der Waals surface area (Å²) in [5.41, 5.74) is 2.17. The van der Waals surface area contributed by atoms with Crippen LogP contribution in [0.3, 0.4) is 0 Å². The highest BCUT2D eigenvalue weighted by Crippen LogP contribution is 2.34. The van der Waals surface area contributed by atoms with E-state index in [4.69, 9.17) is 25.5 Å². The minimum Gasteiger partial charge on any atom is -0.493 e. The smallest absolute Gasteiger partial charge is 0.289 e. The summed E-state index contributed by atoms with van der Waals surface area (Å²) >= 11 is 6.51. The van der Waals surface area contributed by atoms with Crippen LogP contribution in [0.15, 0.2) is 65.3 Å². The van der Waals surface area contributed by atoms with Crippen molar-refractivity contribution in [2.45, 2.75) is 31.8 Å². The molecule has 2 heterocycles. The predicted octanol–water partition coefficient (Wildman–Crippen LogP) is 5.55. The van der Waals surface area contributed by atoms with Crippen molar-refractivity contribution >= 4 is 17.5 Å². The Balaban J connectivity index is 1.48. The molecule has 0 unspecified atom stereocenters. The van der Waals surface area contributed by atoms with Crippen LogP contribution >= 0.6 is 11.6 Å². The number of para-hydroxylation sites is 1. The highest BCUT2D eigenvalue weighted by molar-refractivity contribution is 6.31. The van der Waals surface area contributed by atoms with Gasteiger partial charge in [-0.3, -0.25) is 9.69 Å². The zero-order valence-electron chi connectivity index (χ0n) is 20.6. The van der Waals surface area contributed by atoms with Crippen LogP contribution in [0.1, 0.15) is 34.5 Å². The van der Waals surface area contributed by atoms with Gasteiger partial charge in [-0.15, -0.1) is 0 Å². The molecule has 2 aromatic carbocycles. The van der Waals surface area contributed by atoms with E-state index in [0.29, 0.717) is 18.1 Å². The van der Waals surface area contributed by atoms with Crippen LogP contribution in [0.2, 0.25) is 5.02 Å². The molecule has 1 saturated heterocycles. The first kappa shape index (κ1) is 25.1. The Morgan fingerprint density at radius 1 is 1.06 bits per heavy atom. The van der Waals surface area contributed by atoms with Gasteiger partial charge in [0, 0.05) is 30.2 Å². The topological polar surface area (TPSA) is 55.2 Å². The number of benzene rings is 2. The Hall–Kier alpha value is -2.96. The van der Waals surface area contributed by atoms with E-state index in [0.717, 1.165) is 60.1 Å². The van der Waals surface area contributed by atoms with Gasteiger partial charge in [-0.05, 0) is 68.1 Å². The number of hydrogen-bond acceptors (Lipinski definition) is 5. The van der Waals surface area contributed by atoms with Crippen molar-refractivity contribution in [3.63, 3.8) is 0 Å². The Kier molecular flexibility index (Phi) is 8.37. The molecule has 0 radical (unpaired) electrons. The van der Waals surface area contributed by atoms with Crippen molar-refractivity contribution in [1.82, 2.24) is 9.80 Å². The molecule has 1 amide bonds. The zero-order chi connectivity index (χ0) is 24.8. The van der Waals surface area contributed by atoms with E-state index < -0.39 is 0 Å². The molecule has 6 nitrogen and oxygen atoms in total. The van der Waals surface area contributed by atoms with Gasteiger partial charge in [0.2, 0.25) is 0 Å². The lowest BCUT2D eigenvalue weighted by Crippen LogP contribution is -2.47. The lowest BCUT2D eigenvalue weighted by atomic mass is 9.84. The third kappa shape index (κ3) is 5.82. The van der Waals surface area contributed by atoms with Crippen LogP contribution in [0.5, 0.6) is 11.5 Å². The van der Waals surface area contributed by atoms with E-state index in [-0.39, 0.29) is 11.9 Å². The highest BCUT2D eigenvalue weighted by atomic mass is 35.5. The molecular formula is C28H33ClN2O4. The number of methoxy groups -OCH3 is 2. The van der Waals surface area contributed by atoms with Crippen molar-refractivity contribution in [3.05, 3.63) is 82.8 Å². The fourth-order valence-electron chi connectivity index (χ4n) is 5.05. The van der Waals surface area contributed by atoms with E-state index in [1.54, 1.807) is 26.4 Å². The molecule has 1 aliphatic rings. The van der Waals surface area contributed by atoms with E-state index in [9.17, 15) is 4.79 Å². The first-order valence-electron chi connectivity index (χ1n) is 12.0. The normalized spacial score (nSPS) is 15.5. The summed E-state index contributed by atoms with van der Waals surface area (Å²) in [4.78, 5) is 17.4. The quantitative estimate of drug-likeness (QED) is 0.389. The van der Waals surface area contributed by atoms with Crippen LogP contribution in [0.25, 0.3) is 0 Å². The number of carbonyl (C=O) groups excluding carboxylic acids is 1.